The van der Waals surface area contributed by atoms with Crippen LogP contribution in [-0.4, -0.2) is 32.4 Å². The van der Waals surface area contributed by atoms with E-state index >= 15 is 0 Å². The number of nitro groups is 1. The third kappa shape index (κ3) is 3.51. The van der Waals surface area contributed by atoms with Gasteiger partial charge in [-0.2, -0.15) is 0 Å². The van der Waals surface area contributed by atoms with Gasteiger partial charge in [0.05, 0.1) is 17.7 Å². The van der Waals surface area contributed by atoms with Gasteiger partial charge in [-0.15, -0.1) is 5.10 Å². The Labute approximate surface area is 118 Å². The summed E-state index contributed by atoms with van der Waals surface area (Å²) in [5, 5.41) is 18.1. The number of benzene rings is 1. The highest BCUT2D eigenvalue weighted by Gasteiger charge is 2.13. The van der Waals surface area contributed by atoms with Crippen molar-refractivity contribution in [3.05, 3.63) is 46.3 Å². The maximum absolute atomic E-state index is 11.2. The van der Waals surface area contributed by atoms with Crippen molar-refractivity contribution in [3.63, 3.8) is 0 Å². The average Bonchev–Trinajstić information content (AvgIpc) is 2.95. The number of carbonyl (C=O) groups is 1. The normalized spacial score (nSPS) is 10.1. The number of ether oxygens (including phenoxy) is 1. The molecule has 110 valence electrons. The summed E-state index contributed by atoms with van der Waals surface area (Å²) in [7, 11) is 0. The van der Waals surface area contributed by atoms with Gasteiger partial charge in [-0.3, -0.25) is 20.3 Å². The molecule has 0 saturated heterocycles. The molecule has 0 aliphatic rings. The number of hydrazine groups is 1. The van der Waals surface area contributed by atoms with Crippen molar-refractivity contribution in [3.8, 4) is 5.75 Å². The summed E-state index contributed by atoms with van der Waals surface area (Å²) in [4.78, 5) is 21.5. The molecular formula is C11H12N6O4. The molecule has 10 nitrogen and oxygen atoms in total. The SMILES string of the molecule is NNC(=O)c1cn(CCOc2ccccc2[N+](=O)[O-])nn1. The van der Waals surface area contributed by atoms with Crippen LogP contribution in [0, 0.1) is 10.1 Å². The number of amides is 1. The Hall–Kier alpha value is -3.01. The molecule has 1 heterocycles. The zero-order valence-electron chi connectivity index (χ0n) is 10.8. The molecule has 2 aromatic rings. The largest absolute Gasteiger partial charge is 0.485 e. The van der Waals surface area contributed by atoms with Gasteiger partial charge in [0.25, 0.3) is 5.91 Å². The molecular weight excluding hydrogens is 280 g/mol. The number of nitrogens with one attached hydrogen (secondary N) is 1. The number of nitrogen functional groups attached to an aromatic ring is 1. The molecule has 2 rings (SSSR count). The lowest BCUT2D eigenvalue weighted by Crippen LogP contribution is -2.30. The molecule has 0 aliphatic carbocycles. The minimum Gasteiger partial charge on any atom is -0.485 e. The van der Waals surface area contributed by atoms with Crippen LogP contribution < -0.4 is 16.0 Å². The number of para-hydroxylation sites is 2. The summed E-state index contributed by atoms with van der Waals surface area (Å²) < 4.78 is 6.72. The standard InChI is InChI=1S/C11H12N6O4/c12-13-11(18)8-7-16(15-14-8)5-6-21-10-4-2-1-3-9(10)17(19)20/h1-4,7H,5-6,12H2,(H,13,18). The maximum Gasteiger partial charge on any atom is 0.310 e. The molecule has 0 saturated carbocycles. The van der Waals surface area contributed by atoms with Gasteiger partial charge in [0, 0.05) is 6.07 Å². The summed E-state index contributed by atoms with van der Waals surface area (Å²) in [6.07, 6.45) is 1.39. The van der Waals surface area contributed by atoms with Gasteiger partial charge >= 0.3 is 5.69 Å². The number of hydrogen-bond acceptors (Lipinski definition) is 7. The summed E-state index contributed by atoms with van der Waals surface area (Å²) in [6.45, 7) is 0.412. The number of nitrogens with two attached hydrogens (primary N) is 1. The Kier molecular flexibility index (Phi) is 4.41. The number of rotatable bonds is 6. The molecule has 3 N–H and O–H groups in total. The van der Waals surface area contributed by atoms with Crippen LogP contribution in [0.4, 0.5) is 5.69 Å². The van der Waals surface area contributed by atoms with E-state index in [1.165, 1.54) is 23.0 Å². The van der Waals surface area contributed by atoms with E-state index in [-0.39, 0.29) is 30.3 Å². The number of hydrogen-bond donors (Lipinski definition) is 2. The molecule has 0 radical (unpaired) electrons. The van der Waals surface area contributed by atoms with Crippen molar-refractivity contribution in [1.29, 1.82) is 0 Å². The van der Waals surface area contributed by atoms with Crippen LogP contribution >= 0.6 is 0 Å². The van der Waals surface area contributed by atoms with Gasteiger partial charge in [0.15, 0.2) is 11.4 Å². The minimum atomic E-state index is -0.555. The van der Waals surface area contributed by atoms with Gasteiger partial charge < -0.3 is 4.74 Å². The predicted octanol–water partition coefficient (Wildman–Crippen LogP) is -0.131. The quantitative estimate of drug-likeness (QED) is 0.327. The van der Waals surface area contributed by atoms with E-state index in [2.05, 4.69) is 10.3 Å². The molecule has 10 heteroatoms. The van der Waals surface area contributed by atoms with E-state index in [4.69, 9.17) is 10.6 Å². The molecule has 1 aromatic carbocycles. The van der Waals surface area contributed by atoms with Gasteiger partial charge in [0.1, 0.15) is 6.61 Å². The molecule has 21 heavy (non-hydrogen) atoms. The van der Waals surface area contributed by atoms with Gasteiger partial charge in [-0.1, -0.05) is 17.3 Å². The van der Waals surface area contributed by atoms with E-state index in [1.807, 2.05) is 5.43 Å². The Morgan fingerprint density at radius 1 is 1.48 bits per heavy atom. The Morgan fingerprint density at radius 3 is 2.95 bits per heavy atom. The molecule has 0 fully saturated rings. The number of carbonyl (C=O) groups excluding carboxylic acids is 1. The number of nitro benzene ring substituents is 1. The first-order valence-corrected chi connectivity index (χ1v) is 5.89. The van der Waals surface area contributed by atoms with Crippen LogP contribution in [0.1, 0.15) is 10.5 Å². The Balaban J connectivity index is 1.94. The molecule has 1 aromatic heterocycles. The van der Waals surface area contributed by atoms with Crippen LogP contribution in [-0.2, 0) is 6.54 Å². The summed E-state index contributed by atoms with van der Waals surface area (Å²) in [5.74, 6) is 4.58. The topological polar surface area (TPSA) is 138 Å². The zero-order valence-corrected chi connectivity index (χ0v) is 10.8. The monoisotopic (exact) mass is 292 g/mol. The highest BCUT2D eigenvalue weighted by molar-refractivity contribution is 5.91. The van der Waals surface area contributed by atoms with Crippen molar-refractivity contribution < 1.29 is 14.5 Å². The van der Waals surface area contributed by atoms with Crippen LogP contribution in [0.25, 0.3) is 0 Å². The van der Waals surface area contributed by atoms with Crippen LogP contribution in [0.2, 0.25) is 0 Å². The highest BCUT2D eigenvalue weighted by atomic mass is 16.6. The molecule has 0 atom stereocenters. The fourth-order valence-electron chi connectivity index (χ4n) is 1.56. The van der Waals surface area contributed by atoms with Crippen molar-refractivity contribution >= 4 is 11.6 Å². The van der Waals surface area contributed by atoms with Crippen LogP contribution in [0.3, 0.4) is 0 Å². The van der Waals surface area contributed by atoms with E-state index in [0.29, 0.717) is 0 Å². The second-order valence-corrected chi connectivity index (χ2v) is 3.91. The Bertz CT molecular complexity index is 656. The van der Waals surface area contributed by atoms with E-state index in [9.17, 15) is 14.9 Å². The molecule has 0 spiro atoms. The van der Waals surface area contributed by atoms with Crippen molar-refractivity contribution in [2.45, 2.75) is 6.54 Å². The minimum absolute atomic E-state index is 0.0724. The second-order valence-electron chi connectivity index (χ2n) is 3.91. The van der Waals surface area contributed by atoms with Crippen molar-refractivity contribution in [2.75, 3.05) is 6.61 Å². The highest BCUT2D eigenvalue weighted by Crippen LogP contribution is 2.25. The third-order valence-corrected chi connectivity index (χ3v) is 2.54. The summed E-state index contributed by atoms with van der Waals surface area (Å²) in [6, 6.07) is 6.06. The molecule has 0 aliphatic heterocycles. The van der Waals surface area contributed by atoms with Crippen molar-refractivity contribution in [1.82, 2.24) is 20.4 Å². The zero-order chi connectivity index (χ0) is 15.2. The fourth-order valence-corrected chi connectivity index (χ4v) is 1.56. The van der Waals surface area contributed by atoms with E-state index in [0.717, 1.165) is 0 Å². The molecule has 0 unspecified atom stereocenters. The summed E-state index contributed by atoms with van der Waals surface area (Å²) in [5.41, 5.74) is 1.90. The lowest BCUT2D eigenvalue weighted by Gasteiger charge is -2.06. The third-order valence-electron chi connectivity index (χ3n) is 2.54. The smallest absolute Gasteiger partial charge is 0.310 e. The first-order valence-electron chi connectivity index (χ1n) is 5.89. The lowest BCUT2D eigenvalue weighted by atomic mass is 10.3. The van der Waals surface area contributed by atoms with E-state index < -0.39 is 10.8 Å². The molecule has 1 amide bonds. The lowest BCUT2D eigenvalue weighted by molar-refractivity contribution is -0.385. The first-order chi connectivity index (χ1) is 10.1. The summed E-state index contributed by atoms with van der Waals surface area (Å²) >= 11 is 0. The Morgan fingerprint density at radius 2 is 2.24 bits per heavy atom. The first kappa shape index (κ1) is 14.4. The van der Waals surface area contributed by atoms with E-state index in [1.54, 1.807) is 12.1 Å². The maximum atomic E-state index is 11.2. The van der Waals surface area contributed by atoms with Crippen molar-refractivity contribution in [2.24, 2.45) is 5.84 Å². The number of aromatic nitrogens is 3. The predicted molar refractivity (Wildman–Crippen MR) is 70.3 cm³/mol. The van der Waals surface area contributed by atoms with Gasteiger partial charge in [-0.05, 0) is 6.07 Å². The van der Waals surface area contributed by atoms with Crippen LogP contribution in [0.15, 0.2) is 30.5 Å². The van der Waals surface area contributed by atoms with Gasteiger partial charge in [0.2, 0.25) is 0 Å². The van der Waals surface area contributed by atoms with Gasteiger partial charge in [-0.25, -0.2) is 10.5 Å². The van der Waals surface area contributed by atoms with Crippen LogP contribution in [0.5, 0.6) is 5.75 Å². The fraction of sp³-hybridized carbons (Fsp3) is 0.182. The average molecular weight is 292 g/mol. The molecule has 0 bridgehead atoms. The number of nitrogens with zero attached hydrogens (tertiary/aromatic N) is 4. The second kappa shape index (κ2) is 6.43.